The first-order valence-corrected chi connectivity index (χ1v) is 8.72. The quantitative estimate of drug-likeness (QED) is 0.621. The summed E-state index contributed by atoms with van der Waals surface area (Å²) in [5.74, 6) is 6.97. The zero-order valence-corrected chi connectivity index (χ0v) is 14.6. The molecular formula is C14H15Cl2N5OS. The van der Waals surface area contributed by atoms with Gasteiger partial charge < -0.3 is 11.2 Å². The SMILES string of the molecule is C[C@H](Sc1nnc(C2CC2)n1N)C(=O)Nc1ccc(Cl)cc1Cl. The average molecular weight is 372 g/mol. The maximum absolute atomic E-state index is 12.3. The van der Waals surface area contributed by atoms with Crippen LogP contribution in [0.3, 0.4) is 0 Å². The molecule has 0 bridgehead atoms. The number of carbonyl (C=O) groups excluding carboxylic acids is 1. The monoisotopic (exact) mass is 371 g/mol. The molecule has 0 saturated heterocycles. The van der Waals surface area contributed by atoms with E-state index in [1.807, 2.05) is 0 Å². The molecule has 23 heavy (non-hydrogen) atoms. The molecule has 6 nitrogen and oxygen atoms in total. The molecule has 1 aliphatic carbocycles. The third-order valence-corrected chi connectivity index (χ3v) is 5.08. The number of anilines is 1. The van der Waals surface area contributed by atoms with Gasteiger partial charge in [0.15, 0.2) is 5.82 Å². The van der Waals surface area contributed by atoms with Crippen LogP contribution in [0.15, 0.2) is 23.4 Å². The Morgan fingerprint density at radius 2 is 2.17 bits per heavy atom. The lowest BCUT2D eigenvalue weighted by Crippen LogP contribution is -2.24. The van der Waals surface area contributed by atoms with Crippen LogP contribution in [0.25, 0.3) is 0 Å². The Hall–Kier alpha value is -1.44. The third kappa shape index (κ3) is 3.73. The minimum Gasteiger partial charge on any atom is -0.336 e. The van der Waals surface area contributed by atoms with Gasteiger partial charge in [-0.15, -0.1) is 10.2 Å². The number of halogens is 2. The normalized spacial score (nSPS) is 15.4. The molecule has 2 aromatic rings. The lowest BCUT2D eigenvalue weighted by atomic mass is 10.3. The van der Waals surface area contributed by atoms with Gasteiger partial charge in [-0.25, -0.2) is 4.68 Å². The molecule has 122 valence electrons. The second-order valence-corrected chi connectivity index (χ2v) is 7.51. The second-order valence-electron chi connectivity index (χ2n) is 5.36. The molecule has 1 amide bonds. The Morgan fingerprint density at radius 3 is 2.83 bits per heavy atom. The topological polar surface area (TPSA) is 85.8 Å². The maximum atomic E-state index is 12.3. The molecule has 0 spiro atoms. The number of rotatable bonds is 5. The lowest BCUT2D eigenvalue weighted by molar-refractivity contribution is -0.115. The molecule has 3 rings (SSSR count). The number of nitrogens with one attached hydrogen (secondary N) is 1. The Balaban J connectivity index is 1.65. The molecule has 1 saturated carbocycles. The zero-order valence-electron chi connectivity index (χ0n) is 12.3. The number of carbonyl (C=O) groups is 1. The van der Waals surface area contributed by atoms with E-state index in [1.165, 1.54) is 16.4 Å². The molecule has 1 aromatic carbocycles. The summed E-state index contributed by atoms with van der Waals surface area (Å²) in [6.07, 6.45) is 2.18. The zero-order chi connectivity index (χ0) is 16.6. The van der Waals surface area contributed by atoms with Crippen LogP contribution in [-0.4, -0.2) is 26.0 Å². The first-order valence-electron chi connectivity index (χ1n) is 7.08. The lowest BCUT2D eigenvalue weighted by Gasteiger charge is -2.12. The fourth-order valence-corrected chi connectivity index (χ4v) is 3.26. The first-order chi connectivity index (χ1) is 11.0. The number of benzene rings is 1. The number of nitrogens with zero attached hydrogens (tertiary/aromatic N) is 3. The molecular weight excluding hydrogens is 357 g/mol. The molecule has 1 heterocycles. The van der Waals surface area contributed by atoms with E-state index in [-0.39, 0.29) is 5.91 Å². The van der Waals surface area contributed by atoms with Crippen LogP contribution in [0.5, 0.6) is 0 Å². The maximum Gasteiger partial charge on any atom is 0.237 e. The van der Waals surface area contributed by atoms with Crippen LogP contribution < -0.4 is 11.2 Å². The van der Waals surface area contributed by atoms with Crippen molar-refractivity contribution in [3.63, 3.8) is 0 Å². The number of hydrogen-bond donors (Lipinski definition) is 2. The van der Waals surface area contributed by atoms with E-state index in [0.717, 1.165) is 18.7 Å². The predicted molar refractivity (Wildman–Crippen MR) is 92.6 cm³/mol. The van der Waals surface area contributed by atoms with Crippen LogP contribution in [0.2, 0.25) is 10.0 Å². The van der Waals surface area contributed by atoms with Crippen molar-refractivity contribution in [2.24, 2.45) is 0 Å². The van der Waals surface area contributed by atoms with Crippen LogP contribution in [0.1, 0.15) is 31.5 Å². The van der Waals surface area contributed by atoms with E-state index in [2.05, 4.69) is 15.5 Å². The van der Waals surface area contributed by atoms with E-state index < -0.39 is 5.25 Å². The van der Waals surface area contributed by atoms with E-state index in [9.17, 15) is 4.79 Å². The van der Waals surface area contributed by atoms with Gasteiger partial charge in [0.2, 0.25) is 11.1 Å². The first kappa shape index (κ1) is 16.4. The summed E-state index contributed by atoms with van der Waals surface area (Å²) >= 11 is 13.2. The Labute approximate surface area is 147 Å². The van der Waals surface area contributed by atoms with Crippen LogP contribution >= 0.6 is 35.0 Å². The average Bonchev–Trinajstić information content (AvgIpc) is 3.28. The van der Waals surface area contributed by atoms with Crippen LogP contribution in [0.4, 0.5) is 5.69 Å². The number of thioether (sulfide) groups is 1. The van der Waals surface area contributed by atoms with Gasteiger partial charge in [-0.2, -0.15) is 0 Å². The number of nitrogen functional groups attached to an aromatic ring is 1. The molecule has 0 unspecified atom stereocenters. The minimum atomic E-state index is -0.403. The molecule has 0 aliphatic heterocycles. The highest BCUT2D eigenvalue weighted by Gasteiger charge is 2.30. The molecule has 0 radical (unpaired) electrons. The van der Waals surface area contributed by atoms with Crippen molar-refractivity contribution >= 4 is 46.6 Å². The fraction of sp³-hybridized carbons (Fsp3) is 0.357. The highest BCUT2D eigenvalue weighted by molar-refractivity contribution is 8.00. The number of hydrogen-bond acceptors (Lipinski definition) is 5. The Kier molecular flexibility index (Phi) is 4.70. The van der Waals surface area contributed by atoms with Gasteiger partial charge in [0, 0.05) is 10.9 Å². The molecule has 1 aliphatic rings. The van der Waals surface area contributed by atoms with E-state index in [0.29, 0.717) is 26.8 Å². The summed E-state index contributed by atoms with van der Waals surface area (Å²) in [5.41, 5.74) is 0.515. The van der Waals surface area contributed by atoms with Crippen molar-refractivity contribution in [3.8, 4) is 0 Å². The fourth-order valence-electron chi connectivity index (χ4n) is 2.03. The Morgan fingerprint density at radius 1 is 1.43 bits per heavy atom. The highest BCUT2D eigenvalue weighted by atomic mass is 35.5. The molecule has 1 fully saturated rings. The highest BCUT2D eigenvalue weighted by Crippen LogP contribution is 2.39. The van der Waals surface area contributed by atoms with Crippen molar-refractivity contribution in [2.45, 2.75) is 36.1 Å². The summed E-state index contributed by atoms with van der Waals surface area (Å²) in [6.45, 7) is 1.77. The number of aromatic nitrogens is 3. The van der Waals surface area contributed by atoms with Gasteiger partial charge in [0.05, 0.1) is 16.0 Å². The van der Waals surface area contributed by atoms with Crippen LogP contribution in [0, 0.1) is 0 Å². The van der Waals surface area contributed by atoms with Gasteiger partial charge >= 0.3 is 0 Å². The summed E-state index contributed by atoms with van der Waals surface area (Å²) in [6, 6.07) is 4.91. The largest absolute Gasteiger partial charge is 0.336 e. The van der Waals surface area contributed by atoms with E-state index in [1.54, 1.807) is 25.1 Å². The van der Waals surface area contributed by atoms with Crippen LogP contribution in [-0.2, 0) is 4.79 Å². The molecule has 3 N–H and O–H groups in total. The van der Waals surface area contributed by atoms with Gasteiger partial charge in [-0.05, 0) is 38.0 Å². The summed E-state index contributed by atoms with van der Waals surface area (Å²) in [5, 5.41) is 12.0. The number of amides is 1. The summed E-state index contributed by atoms with van der Waals surface area (Å²) in [4.78, 5) is 12.3. The molecule has 1 atom stereocenters. The van der Waals surface area contributed by atoms with Crippen molar-refractivity contribution in [2.75, 3.05) is 11.2 Å². The van der Waals surface area contributed by atoms with Crippen molar-refractivity contribution in [1.82, 2.24) is 14.9 Å². The smallest absolute Gasteiger partial charge is 0.237 e. The standard InChI is InChI=1S/C14H15Cl2N5OS/c1-7(13(22)18-11-5-4-9(15)6-10(11)16)23-14-20-19-12(21(14)17)8-2-3-8/h4-8H,2-3,17H2,1H3,(H,18,22)/t7-/m0/s1. The van der Waals surface area contributed by atoms with Gasteiger partial charge in [0.25, 0.3) is 0 Å². The van der Waals surface area contributed by atoms with Crippen molar-refractivity contribution in [1.29, 1.82) is 0 Å². The molecule has 1 aromatic heterocycles. The van der Waals surface area contributed by atoms with Gasteiger partial charge in [0.1, 0.15) is 0 Å². The molecule has 9 heteroatoms. The second kappa shape index (κ2) is 6.59. The van der Waals surface area contributed by atoms with Gasteiger partial charge in [-0.1, -0.05) is 35.0 Å². The van der Waals surface area contributed by atoms with Crippen molar-refractivity contribution in [3.05, 3.63) is 34.1 Å². The van der Waals surface area contributed by atoms with Gasteiger partial charge in [-0.3, -0.25) is 4.79 Å². The predicted octanol–water partition coefficient (Wildman–Crippen LogP) is 3.30. The van der Waals surface area contributed by atoms with Crippen molar-refractivity contribution < 1.29 is 4.79 Å². The summed E-state index contributed by atoms with van der Waals surface area (Å²) < 4.78 is 1.47. The van der Waals surface area contributed by atoms with E-state index in [4.69, 9.17) is 29.0 Å². The summed E-state index contributed by atoms with van der Waals surface area (Å²) in [7, 11) is 0. The Bertz CT molecular complexity index is 747. The third-order valence-electron chi connectivity index (χ3n) is 3.47. The van der Waals surface area contributed by atoms with E-state index >= 15 is 0 Å². The minimum absolute atomic E-state index is 0.199. The number of nitrogens with two attached hydrogens (primary N) is 1.